The molecule has 1 saturated carbocycles. The van der Waals surface area contributed by atoms with E-state index in [9.17, 15) is 9.90 Å². The molecular formula is C16H23N3O2. The van der Waals surface area contributed by atoms with Gasteiger partial charge >= 0.3 is 0 Å². The van der Waals surface area contributed by atoms with Gasteiger partial charge in [0.1, 0.15) is 0 Å². The van der Waals surface area contributed by atoms with E-state index < -0.39 is 0 Å². The Balaban J connectivity index is 1.39. The van der Waals surface area contributed by atoms with Crippen LogP contribution in [0.15, 0.2) is 10.9 Å². The van der Waals surface area contributed by atoms with Crippen LogP contribution in [-0.4, -0.2) is 45.0 Å². The van der Waals surface area contributed by atoms with Crippen molar-refractivity contribution < 1.29 is 5.11 Å². The Labute approximate surface area is 124 Å². The highest BCUT2D eigenvalue weighted by Crippen LogP contribution is 2.30. The quantitative estimate of drug-likeness (QED) is 0.884. The van der Waals surface area contributed by atoms with Gasteiger partial charge < -0.3 is 5.11 Å². The smallest absolute Gasteiger partial charge is 0.267 e. The van der Waals surface area contributed by atoms with Crippen LogP contribution in [0.2, 0.25) is 0 Å². The van der Waals surface area contributed by atoms with Crippen molar-refractivity contribution in [3.05, 3.63) is 27.7 Å². The number of aryl methyl sites for hydroxylation is 2. The first kappa shape index (κ1) is 13.5. The first-order valence-corrected chi connectivity index (χ1v) is 8.23. The van der Waals surface area contributed by atoms with Gasteiger partial charge in [-0.3, -0.25) is 9.69 Å². The summed E-state index contributed by atoms with van der Waals surface area (Å²) in [5.74, 6) is 0.502. The molecular weight excluding hydrogens is 266 g/mol. The molecule has 0 bridgehead atoms. The van der Waals surface area contributed by atoms with Crippen molar-refractivity contribution in [2.24, 2.45) is 5.92 Å². The largest absolute Gasteiger partial charge is 0.391 e. The van der Waals surface area contributed by atoms with Crippen LogP contribution in [0, 0.1) is 5.92 Å². The lowest BCUT2D eigenvalue weighted by molar-refractivity contribution is -0.00798. The van der Waals surface area contributed by atoms with E-state index >= 15 is 0 Å². The molecule has 4 rings (SSSR count). The summed E-state index contributed by atoms with van der Waals surface area (Å²) in [4.78, 5) is 14.5. The minimum Gasteiger partial charge on any atom is -0.391 e. The predicted molar refractivity (Wildman–Crippen MR) is 79.2 cm³/mol. The van der Waals surface area contributed by atoms with Gasteiger partial charge in [-0.05, 0) is 44.1 Å². The second-order valence-electron chi connectivity index (χ2n) is 6.88. The fourth-order valence-electron chi connectivity index (χ4n) is 4.16. The molecule has 2 atom stereocenters. The molecule has 114 valence electrons. The van der Waals surface area contributed by atoms with Crippen molar-refractivity contribution in [2.45, 2.75) is 57.2 Å². The molecule has 0 amide bonds. The van der Waals surface area contributed by atoms with E-state index in [1.165, 1.54) is 0 Å². The number of rotatable bonds is 3. The number of hydrogen-bond donors (Lipinski definition) is 1. The molecule has 1 aliphatic heterocycles. The van der Waals surface area contributed by atoms with Gasteiger partial charge in [-0.2, -0.15) is 5.10 Å². The third-order valence-corrected chi connectivity index (χ3v) is 5.35. The van der Waals surface area contributed by atoms with Gasteiger partial charge in [-0.1, -0.05) is 0 Å². The van der Waals surface area contributed by atoms with Crippen molar-refractivity contribution in [2.75, 3.05) is 13.1 Å². The van der Waals surface area contributed by atoms with E-state index in [4.69, 9.17) is 0 Å². The molecule has 1 saturated heterocycles. The number of aromatic nitrogens is 2. The summed E-state index contributed by atoms with van der Waals surface area (Å²) in [6.45, 7) is 2.71. The van der Waals surface area contributed by atoms with E-state index in [0.717, 1.165) is 69.4 Å². The number of aliphatic hydroxyl groups is 1. The van der Waals surface area contributed by atoms with Crippen molar-refractivity contribution in [1.29, 1.82) is 0 Å². The van der Waals surface area contributed by atoms with Crippen LogP contribution in [0.25, 0.3) is 0 Å². The Hall–Kier alpha value is -1.20. The number of hydrogen-bond acceptors (Lipinski definition) is 4. The molecule has 5 heteroatoms. The Morgan fingerprint density at radius 3 is 2.86 bits per heavy atom. The highest BCUT2D eigenvalue weighted by molar-refractivity contribution is 5.22. The summed E-state index contributed by atoms with van der Waals surface area (Å²) in [6.07, 6.45) is 6.20. The molecule has 2 aliphatic carbocycles. The fraction of sp³-hybridized carbons (Fsp3) is 0.750. The minimum absolute atomic E-state index is 0.0509. The molecule has 1 N–H and O–H groups in total. The third kappa shape index (κ3) is 2.42. The van der Waals surface area contributed by atoms with Crippen LogP contribution in [0.4, 0.5) is 0 Å². The lowest BCUT2D eigenvalue weighted by Gasteiger charge is -2.44. The SMILES string of the molecule is O=c1cc2c(nn1CC1CN(C3CCCC3O)C1)CCC2. The van der Waals surface area contributed by atoms with E-state index in [0.29, 0.717) is 12.0 Å². The normalized spacial score (nSPS) is 29.6. The Morgan fingerprint density at radius 1 is 1.24 bits per heavy atom. The zero-order valence-electron chi connectivity index (χ0n) is 12.4. The zero-order chi connectivity index (χ0) is 14.4. The van der Waals surface area contributed by atoms with Gasteiger partial charge in [-0.25, -0.2) is 4.68 Å². The van der Waals surface area contributed by atoms with Crippen LogP contribution in [-0.2, 0) is 19.4 Å². The zero-order valence-corrected chi connectivity index (χ0v) is 12.4. The Bertz CT molecular complexity index is 592. The lowest BCUT2D eigenvalue weighted by atomic mass is 9.96. The molecule has 21 heavy (non-hydrogen) atoms. The van der Waals surface area contributed by atoms with E-state index in [2.05, 4.69) is 10.00 Å². The van der Waals surface area contributed by atoms with Crippen LogP contribution < -0.4 is 5.56 Å². The van der Waals surface area contributed by atoms with Gasteiger partial charge in [0.15, 0.2) is 0 Å². The second kappa shape index (κ2) is 5.21. The van der Waals surface area contributed by atoms with Gasteiger partial charge in [0, 0.05) is 31.1 Å². The summed E-state index contributed by atoms with van der Waals surface area (Å²) < 4.78 is 1.66. The van der Waals surface area contributed by atoms with E-state index in [1.54, 1.807) is 10.7 Å². The molecule has 0 aromatic carbocycles. The maximum absolute atomic E-state index is 12.1. The van der Waals surface area contributed by atoms with E-state index in [1.807, 2.05) is 0 Å². The highest BCUT2D eigenvalue weighted by atomic mass is 16.3. The molecule has 2 heterocycles. The molecule has 1 aromatic rings. The molecule has 1 aromatic heterocycles. The average molecular weight is 289 g/mol. The highest BCUT2D eigenvalue weighted by Gasteiger charge is 2.38. The van der Waals surface area contributed by atoms with Crippen molar-refractivity contribution in [1.82, 2.24) is 14.7 Å². The number of fused-ring (bicyclic) bond motifs is 1. The summed E-state index contributed by atoms with van der Waals surface area (Å²) in [5, 5.41) is 14.5. The summed E-state index contributed by atoms with van der Waals surface area (Å²) in [5.41, 5.74) is 2.33. The number of nitrogens with zero attached hydrogens (tertiary/aromatic N) is 3. The van der Waals surface area contributed by atoms with Crippen LogP contribution >= 0.6 is 0 Å². The van der Waals surface area contributed by atoms with Gasteiger partial charge in [-0.15, -0.1) is 0 Å². The maximum atomic E-state index is 12.1. The van der Waals surface area contributed by atoms with Gasteiger partial charge in [0.2, 0.25) is 0 Å². The fourth-order valence-corrected chi connectivity index (χ4v) is 4.16. The number of aliphatic hydroxyl groups excluding tert-OH is 1. The minimum atomic E-state index is -0.146. The first-order chi connectivity index (χ1) is 10.2. The summed E-state index contributed by atoms with van der Waals surface area (Å²) in [6, 6.07) is 2.14. The van der Waals surface area contributed by atoms with E-state index in [-0.39, 0.29) is 11.7 Å². The van der Waals surface area contributed by atoms with Crippen LogP contribution in [0.5, 0.6) is 0 Å². The summed E-state index contributed by atoms with van der Waals surface area (Å²) in [7, 11) is 0. The average Bonchev–Trinajstić information content (AvgIpc) is 3.02. The van der Waals surface area contributed by atoms with Gasteiger partial charge in [0.25, 0.3) is 5.56 Å². The Kier molecular flexibility index (Phi) is 3.34. The standard InChI is InChI=1S/C16H23N3O2/c20-15-6-2-5-14(15)18-8-11(9-18)10-19-16(21)7-12-3-1-4-13(12)17-19/h7,11,14-15,20H,1-6,8-10H2. The molecule has 2 fully saturated rings. The predicted octanol–water partition coefficient (Wildman–Crippen LogP) is 0.577. The third-order valence-electron chi connectivity index (χ3n) is 5.35. The Morgan fingerprint density at radius 2 is 2.10 bits per heavy atom. The molecule has 3 aliphatic rings. The van der Waals surface area contributed by atoms with Crippen molar-refractivity contribution >= 4 is 0 Å². The maximum Gasteiger partial charge on any atom is 0.267 e. The monoisotopic (exact) mass is 289 g/mol. The molecule has 2 unspecified atom stereocenters. The summed E-state index contributed by atoms with van der Waals surface area (Å²) >= 11 is 0. The molecule has 5 nitrogen and oxygen atoms in total. The van der Waals surface area contributed by atoms with Crippen molar-refractivity contribution in [3.63, 3.8) is 0 Å². The van der Waals surface area contributed by atoms with Crippen molar-refractivity contribution in [3.8, 4) is 0 Å². The molecule has 0 radical (unpaired) electrons. The number of likely N-dealkylation sites (tertiary alicyclic amines) is 1. The second-order valence-corrected chi connectivity index (χ2v) is 6.88. The topological polar surface area (TPSA) is 58.4 Å². The lowest BCUT2D eigenvalue weighted by Crippen LogP contribution is -2.56. The first-order valence-electron chi connectivity index (χ1n) is 8.23. The van der Waals surface area contributed by atoms with Crippen LogP contribution in [0.3, 0.4) is 0 Å². The molecule has 0 spiro atoms. The van der Waals surface area contributed by atoms with Crippen LogP contribution in [0.1, 0.15) is 36.9 Å². The van der Waals surface area contributed by atoms with Gasteiger partial charge in [0.05, 0.1) is 18.3 Å².